The number of carbonyl (C=O) groups excluding carboxylic acids is 3. The molecule has 1 aromatic heterocycles. The van der Waals surface area contributed by atoms with Crippen molar-refractivity contribution in [3.05, 3.63) is 70.8 Å². The maximum atomic E-state index is 14.6. The summed E-state index contributed by atoms with van der Waals surface area (Å²) in [7, 11) is 0. The summed E-state index contributed by atoms with van der Waals surface area (Å²) in [5, 5.41) is 2.98. The van der Waals surface area contributed by atoms with E-state index in [0.717, 1.165) is 28.4 Å². The molecule has 0 saturated heterocycles. The smallest absolute Gasteiger partial charge is 0.415 e. The largest absolute Gasteiger partial charge is 0.462 e. The molecule has 0 spiro atoms. The Morgan fingerprint density at radius 1 is 0.951 bits per heavy atom. The third-order valence-corrected chi connectivity index (χ3v) is 7.37. The molecule has 0 aliphatic rings. The molecule has 0 aliphatic heterocycles. The molecular weight excluding hydrogens is 622 g/mol. The predicted molar refractivity (Wildman–Crippen MR) is 158 cm³/mol. The highest BCUT2D eigenvalue weighted by atomic mass is 79.9. The van der Waals surface area contributed by atoms with Crippen LogP contribution >= 0.6 is 27.3 Å². The number of benzene rings is 2. The number of amides is 2. The van der Waals surface area contributed by atoms with Gasteiger partial charge in [-0.25, -0.2) is 23.2 Å². The predicted octanol–water partition coefficient (Wildman–Crippen LogP) is 8.28. The van der Waals surface area contributed by atoms with Crippen molar-refractivity contribution >= 4 is 56.1 Å². The first-order valence-corrected chi connectivity index (χ1v) is 14.7. The van der Waals surface area contributed by atoms with Crippen LogP contribution in [0.25, 0.3) is 10.4 Å². The Kier molecular flexibility index (Phi) is 10.9. The molecule has 8 nitrogen and oxygen atoms in total. The molecule has 0 unspecified atom stereocenters. The first-order valence-electron chi connectivity index (χ1n) is 12.8. The number of esters is 1. The quantitative estimate of drug-likeness (QED) is 0.142. The van der Waals surface area contributed by atoms with Crippen LogP contribution in [0.3, 0.4) is 0 Å². The fraction of sp³-hybridized carbons (Fsp3) is 0.345. The van der Waals surface area contributed by atoms with E-state index in [1.807, 2.05) is 0 Å². The van der Waals surface area contributed by atoms with Gasteiger partial charge >= 0.3 is 18.2 Å². The van der Waals surface area contributed by atoms with E-state index in [1.165, 1.54) is 6.07 Å². The molecule has 12 heteroatoms. The van der Waals surface area contributed by atoms with Crippen molar-refractivity contribution < 1.29 is 37.4 Å². The molecule has 2 amide bonds. The van der Waals surface area contributed by atoms with Gasteiger partial charge in [-0.15, -0.1) is 11.3 Å². The van der Waals surface area contributed by atoms with Crippen LogP contribution in [0.15, 0.2) is 42.5 Å². The highest BCUT2D eigenvalue weighted by Gasteiger charge is 2.32. The van der Waals surface area contributed by atoms with Crippen LogP contribution in [-0.2, 0) is 26.1 Å². The van der Waals surface area contributed by atoms with Crippen molar-refractivity contribution in [2.45, 2.75) is 52.1 Å². The van der Waals surface area contributed by atoms with E-state index in [0.29, 0.717) is 21.7 Å². The molecule has 0 saturated carbocycles. The van der Waals surface area contributed by atoms with Gasteiger partial charge in [-0.1, -0.05) is 34.1 Å². The second-order valence-electron chi connectivity index (χ2n) is 9.63. The van der Waals surface area contributed by atoms with Crippen LogP contribution < -0.4 is 10.2 Å². The number of carbonyl (C=O) groups is 3. The maximum absolute atomic E-state index is 14.6. The fourth-order valence-electron chi connectivity index (χ4n) is 3.80. The Morgan fingerprint density at radius 3 is 2.10 bits per heavy atom. The summed E-state index contributed by atoms with van der Waals surface area (Å²) in [5.41, 5.74) is 0.709. The zero-order chi connectivity index (χ0) is 30.3. The van der Waals surface area contributed by atoms with Crippen LogP contribution in [0.4, 0.5) is 29.1 Å². The van der Waals surface area contributed by atoms with E-state index in [2.05, 4.69) is 21.2 Å². The van der Waals surface area contributed by atoms with Gasteiger partial charge in [0.05, 0.1) is 25.3 Å². The first-order chi connectivity index (χ1) is 19.4. The normalized spacial score (nSPS) is 11.1. The Labute approximate surface area is 249 Å². The minimum absolute atomic E-state index is 0.000524. The van der Waals surface area contributed by atoms with Crippen LogP contribution in [0, 0.1) is 11.6 Å². The highest BCUT2D eigenvalue weighted by molar-refractivity contribution is 9.08. The number of thiophene rings is 1. The van der Waals surface area contributed by atoms with Crippen molar-refractivity contribution in [3.8, 4) is 10.4 Å². The maximum Gasteiger partial charge on any atom is 0.415 e. The molecule has 3 rings (SSSR count). The Balaban J connectivity index is 2.12. The molecule has 41 heavy (non-hydrogen) atoms. The van der Waals surface area contributed by atoms with E-state index < -0.39 is 41.9 Å². The monoisotopic (exact) mass is 652 g/mol. The van der Waals surface area contributed by atoms with Crippen molar-refractivity contribution in [1.82, 2.24) is 0 Å². The van der Waals surface area contributed by atoms with Gasteiger partial charge in [0.1, 0.15) is 22.2 Å². The number of nitrogens with one attached hydrogen (secondary N) is 1. The summed E-state index contributed by atoms with van der Waals surface area (Å²) in [6.45, 7) is 8.06. The van der Waals surface area contributed by atoms with Gasteiger partial charge < -0.3 is 14.2 Å². The third-order valence-electron chi connectivity index (χ3n) is 5.51. The van der Waals surface area contributed by atoms with Gasteiger partial charge in [-0.05, 0) is 70.0 Å². The van der Waals surface area contributed by atoms with Gasteiger partial charge in [0.25, 0.3) is 0 Å². The molecule has 0 bridgehead atoms. The van der Waals surface area contributed by atoms with Crippen molar-refractivity contribution in [2.24, 2.45) is 0 Å². The summed E-state index contributed by atoms with van der Waals surface area (Å²) in [6, 6.07) is 10.2. The van der Waals surface area contributed by atoms with Crippen molar-refractivity contribution in [3.63, 3.8) is 0 Å². The van der Waals surface area contributed by atoms with Gasteiger partial charge in [-0.2, -0.15) is 0 Å². The Hall–Kier alpha value is -3.51. The molecule has 0 aliphatic carbocycles. The van der Waals surface area contributed by atoms with E-state index in [-0.39, 0.29) is 34.7 Å². The van der Waals surface area contributed by atoms with E-state index in [9.17, 15) is 23.2 Å². The molecule has 0 radical (unpaired) electrons. The second-order valence-corrected chi connectivity index (χ2v) is 11.2. The molecule has 0 atom stereocenters. The lowest BCUT2D eigenvalue weighted by Gasteiger charge is -2.22. The van der Waals surface area contributed by atoms with Crippen LogP contribution in [-0.4, -0.2) is 37.0 Å². The van der Waals surface area contributed by atoms with Crippen LogP contribution in [0.5, 0.6) is 0 Å². The SMILES string of the molecule is CCOC(=O)c1c(N(Cc2c(F)cccc2F)C(=O)OCC)sc(-c2ccc(NC(=O)OC(C)(C)C)cc2)c1CBr. The molecular formula is C29H31BrF2N2O6S. The van der Waals surface area contributed by atoms with Crippen molar-refractivity contribution in [1.29, 1.82) is 0 Å². The minimum Gasteiger partial charge on any atom is -0.462 e. The van der Waals surface area contributed by atoms with Gasteiger partial charge in [0.2, 0.25) is 0 Å². The summed E-state index contributed by atoms with van der Waals surface area (Å²) in [6.07, 6.45) is -1.49. The number of nitrogens with zero attached hydrogens (tertiary/aromatic N) is 1. The summed E-state index contributed by atoms with van der Waals surface area (Å²) in [5.74, 6) is -2.39. The number of ether oxygens (including phenoxy) is 3. The Morgan fingerprint density at radius 2 is 1.56 bits per heavy atom. The number of alkyl halides is 1. The van der Waals surface area contributed by atoms with E-state index in [4.69, 9.17) is 14.2 Å². The number of anilines is 2. The molecule has 1 heterocycles. The first kappa shape index (κ1) is 32.0. The lowest BCUT2D eigenvalue weighted by Crippen LogP contribution is -2.32. The van der Waals surface area contributed by atoms with Gasteiger partial charge in [0, 0.05) is 21.5 Å². The standard InChI is InChI=1S/C29H31BrF2N2O6S/c1-6-38-26(35)23-19(15-30)24(17-11-13-18(14-12-17)33-27(36)40-29(3,4)5)41-25(23)34(28(37)39-7-2)16-20-21(31)9-8-10-22(20)32/h8-14H,6-7,15-16H2,1-5H3,(H,33,36). The average Bonchev–Trinajstić information content (AvgIpc) is 3.27. The Bertz CT molecular complexity index is 1390. The number of hydrogen-bond acceptors (Lipinski definition) is 7. The average molecular weight is 654 g/mol. The molecule has 0 fully saturated rings. The molecule has 1 N–H and O–H groups in total. The molecule has 3 aromatic rings. The van der Waals surface area contributed by atoms with Gasteiger partial charge in [0.15, 0.2) is 0 Å². The van der Waals surface area contributed by atoms with E-state index >= 15 is 0 Å². The second kappa shape index (κ2) is 13.9. The number of halogens is 3. The number of rotatable bonds is 9. The van der Waals surface area contributed by atoms with Crippen LogP contribution in [0.1, 0.15) is 56.1 Å². The zero-order valence-corrected chi connectivity index (χ0v) is 25.7. The molecule has 220 valence electrons. The summed E-state index contributed by atoms with van der Waals surface area (Å²) >= 11 is 4.52. The van der Waals surface area contributed by atoms with Crippen molar-refractivity contribution in [2.75, 3.05) is 23.4 Å². The molecule has 2 aromatic carbocycles. The van der Waals surface area contributed by atoms with E-state index in [1.54, 1.807) is 58.9 Å². The zero-order valence-electron chi connectivity index (χ0n) is 23.3. The topological polar surface area (TPSA) is 94.2 Å². The fourth-order valence-corrected chi connectivity index (χ4v) is 5.85. The minimum atomic E-state index is -0.883. The lowest BCUT2D eigenvalue weighted by molar-refractivity contribution is 0.0526. The van der Waals surface area contributed by atoms with Gasteiger partial charge in [-0.3, -0.25) is 10.2 Å². The van der Waals surface area contributed by atoms with Crippen LogP contribution in [0.2, 0.25) is 0 Å². The summed E-state index contributed by atoms with van der Waals surface area (Å²) in [4.78, 5) is 40.2. The summed E-state index contributed by atoms with van der Waals surface area (Å²) < 4.78 is 45.1. The third kappa shape index (κ3) is 8.04. The lowest BCUT2D eigenvalue weighted by atomic mass is 10.1. The number of hydrogen-bond donors (Lipinski definition) is 1. The highest BCUT2D eigenvalue weighted by Crippen LogP contribution is 2.45.